The molecule has 1 aliphatic carbocycles. The van der Waals surface area contributed by atoms with Gasteiger partial charge in [-0.3, -0.25) is 9.69 Å². The first-order valence-electron chi connectivity index (χ1n) is 10.6. The molecule has 1 aromatic heterocycles. The minimum atomic E-state index is -0.174. The van der Waals surface area contributed by atoms with Crippen molar-refractivity contribution in [3.63, 3.8) is 0 Å². The molecule has 0 spiro atoms. The Hall–Kier alpha value is -2.07. The Bertz CT molecular complexity index is 718. The van der Waals surface area contributed by atoms with Crippen LogP contribution in [-0.4, -0.2) is 24.5 Å². The molecule has 28 heavy (non-hydrogen) atoms. The third-order valence-corrected chi connectivity index (χ3v) is 5.64. The van der Waals surface area contributed by atoms with Crippen LogP contribution in [0.25, 0.3) is 0 Å². The number of ether oxygens (including phenoxy) is 1. The van der Waals surface area contributed by atoms with Crippen molar-refractivity contribution >= 4 is 5.97 Å². The predicted molar refractivity (Wildman–Crippen MR) is 111 cm³/mol. The number of benzene rings is 1. The molecule has 2 aromatic rings. The van der Waals surface area contributed by atoms with E-state index in [4.69, 9.17) is 9.15 Å². The van der Waals surface area contributed by atoms with E-state index >= 15 is 0 Å². The van der Waals surface area contributed by atoms with E-state index in [-0.39, 0.29) is 18.5 Å². The normalized spacial score (nSPS) is 16.2. The molecule has 4 nitrogen and oxygen atoms in total. The number of carbonyl (C=O) groups excluding carboxylic acids is 1. The Morgan fingerprint density at radius 2 is 1.82 bits per heavy atom. The van der Waals surface area contributed by atoms with Gasteiger partial charge in [0.05, 0.1) is 12.5 Å². The maximum Gasteiger partial charge on any atom is 0.314 e. The van der Waals surface area contributed by atoms with Gasteiger partial charge in [-0.05, 0) is 56.5 Å². The molecule has 0 radical (unpaired) electrons. The fourth-order valence-corrected chi connectivity index (χ4v) is 4.27. The quantitative estimate of drug-likeness (QED) is 0.534. The zero-order valence-corrected chi connectivity index (χ0v) is 17.2. The van der Waals surface area contributed by atoms with Gasteiger partial charge in [-0.2, -0.15) is 0 Å². The zero-order chi connectivity index (χ0) is 19.8. The molecule has 152 valence electrons. The van der Waals surface area contributed by atoms with Gasteiger partial charge in [0, 0.05) is 0 Å². The highest BCUT2D eigenvalue weighted by Gasteiger charge is 2.32. The lowest BCUT2D eigenvalue weighted by atomic mass is 9.77. The van der Waals surface area contributed by atoms with Gasteiger partial charge in [0.15, 0.2) is 0 Å². The number of rotatable bonds is 9. The van der Waals surface area contributed by atoms with Crippen LogP contribution in [0.4, 0.5) is 0 Å². The van der Waals surface area contributed by atoms with Crippen molar-refractivity contribution in [1.82, 2.24) is 4.90 Å². The molecule has 1 atom stereocenters. The number of esters is 1. The van der Waals surface area contributed by atoms with Gasteiger partial charge in [-0.25, -0.2) is 0 Å². The molecule has 1 fully saturated rings. The van der Waals surface area contributed by atoms with Gasteiger partial charge >= 0.3 is 5.97 Å². The molecule has 0 N–H and O–H groups in total. The molecule has 1 saturated carbocycles. The van der Waals surface area contributed by atoms with Crippen LogP contribution in [-0.2, 0) is 22.7 Å². The fourth-order valence-electron chi connectivity index (χ4n) is 4.27. The lowest BCUT2D eigenvalue weighted by molar-refractivity contribution is -0.149. The molecular formula is C24H33NO3. The lowest BCUT2D eigenvalue weighted by Gasteiger charge is -2.29. The van der Waals surface area contributed by atoms with Gasteiger partial charge in [0.1, 0.15) is 18.1 Å². The second-order valence-electron chi connectivity index (χ2n) is 8.00. The zero-order valence-electron chi connectivity index (χ0n) is 17.2. The van der Waals surface area contributed by atoms with E-state index in [1.807, 2.05) is 30.3 Å². The molecule has 1 heterocycles. The van der Waals surface area contributed by atoms with Crippen LogP contribution < -0.4 is 0 Å². The van der Waals surface area contributed by atoms with Crippen molar-refractivity contribution < 1.29 is 13.9 Å². The van der Waals surface area contributed by atoms with E-state index in [1.165, 1.54) is 19.3 Å². The molecule has 1 aromatic carbocycles. The molecular weight excluding hydrogens is 350 g/mol. The minimum absolute atomic E-state index is 0.126. The summed E-state index contributed by atoms with van der Waals surface area (Å²) < 4.78 is 11.6. The summed E-state index contributed by atoms with van der Waals surface area (Å²) in [6, 6.07) is 14.0. The summed E-state index contributed by atoms with van der Waals surface area (Å²) in [5.41, 5.74) is 1.07. The Labute approximate surface area is 168 Å². The summed E-state index contributed by atoms with van der Waals surface area (Å²) in [6.45, 7) is 4.17. The third kappa shape index (κ3) is 5.71. The molecule has 4 heteroatoms. The number of furan rings is 1. The second kappa shape index (κ2) is 10.5. The Morgan fingerprint density at radius 3 is 2.54 bits per heavy atom. The van der Waals surface area contributed by atoms with E-state index in [1.54, 1.807) is 0 Å². The monoisotopic (exact) mass is 383 g/mol. The van der Waals surface area contributed by atoms with E-state index in [0.29, 0.717) is 11.7 Å². The van der Waals surface area contributed by atoms with Crippen molar-refractivity contribution in [2.75, 3.05) is 13.6 Å². The minimum Gasteiger partial charge on any atom is -0.461 e. The van der Waals surface area contributed by atoms with Crippen LogP contribution in [0.1, 0.15) is 68.5 Å². The number of carbonyl (C=O) groups is 1. The number of hydrogen-bond acceptors (Lipinski definition) is 4. The second-order valence-corrected chi connectivity index (χ2v) is 8.00. The van der Waals surface area contributed by atoms with E-state index < -0.39 is 0 Å². The Balaban J connectivity index is 1.61. The molecule has 0 bridgehead atoms. The van der Waals surface area contributed by atoms with Gasteiger partial charge < -0.3 is 9.15 Å². The van der Waals surface area contributed by atoms with Gasteiger partial charge in [-0.1, -0.05) is 56.5 Å². The highest BCUT2D eigenvalue weighted by atomic mass is 16.5. The van der Waals surface area contributed by atoms with Crippen LogP contribution in [0.5, 0.6) is 0 Å². The van der Waals surface area contributed by atoms with Crippen LogP contribution >= 0.6 is 0 Å². The summed E-state index contributed by atoms with van der Waals surface area (Å²) in [6.07, 6.45) is 6.99. The molecule has 0 saturated heterocycles. The first kappa shape index (κ1) is 20.7. The van der Waals surface area contributed by atoms with E-state index in [2.05, 4.69) is 31.0 Å². The van der Waals surface area contributed by atoms with Crippen molar-refractivity contribution in [1.29, 1.82) is 0 Å². The van der Waals surface area contributed by atoms with Crippen LogP contribution in [0.3, 0.4) is 0 Å². The van der Waals surface area contributed by atoms with Crippen molar-refractivity contribution in [2.45, 2.75) is 64.5 Å². The maximum absolute atomic E-state index is 13.0. The summed E-state index contributed by atoms with van der Waals surface area (Å²) >= 11 is 0. The summed E-state index contributed by atoms with van der Waals surface area (Å²) in [4.78, 5) is 15.2. The van der Waals surface area contributed by atoms with Crippen molar-refractivity contribution in [3.05, 3.63) is 59.5 Å². The first-order valence-corrected chi connectivity index (χ1v) is 10.6. The summed E-state index contributed by atoms with van der Waals surface area (Å²) in [5, 5.41) is 0. The van der Waals surface area contributed by atoms with E-state index in [0.717, 1.165) is 43.7 Å². The molecule has 1 unspecified atom stereocenters. The smallest absolute Gasteiger partial charge is 0.314 e. The molecule has 0 amide bonds. The topological polar surface area (TPSA) is 42.7 Å². The van der Waals surface area contributed by atoms with Crippen molar-refractivity contribution in [3.8, 4) is 0 Å². The van der Waals surface area contributed by atoms with Gasteiger partial charge in [0.2, 0.25) is 0 Å². The Kier molecular flexibility index (Phi) is 7.72. The average Bonchev–Trinajstić information content (AvgIpc) is 3.16. The van der Waals surface area contributed by atoms with Gasteiger partial charge in [0.25, 0.3) is 0 Å². The van der Waals surface area contributed by atoms with Crippen LogP contribution in [0.15, 0.2) is 46.9 Å². The largest absolute Gasteiger partial charge is 0.461 e. The fraction of sp³-hybridized carbons (Fsp3) is 0.542. The summed E-state index contributed by atoms with van der Waals surface area (Å²) in [7, 11) is 2.08. The highest BCUT2D eigenvalue weighted by molar-refractivity contribution is 5.78. The van der Waals surface area contributed by atoms with Crippen LogP contribution in [0, 0.1) is 5.92 Å². The van der Waals surface area contributed by atoms with Crippen molar-refractivity contribution in [2.24, 2.45) is 5.92 Å². The molecule has 1 aliphatic rings. The molecule has 0 aliphatic heterocycles. The van der Waals surface area contributed by atoms with Gasteiger partial charge in [-0.15, -0.1) is 0 Å². The SMILES string of the molecule is CCCN(C)Cc1ccc(COC(=O)C(c2ccccc2)C2CCCCC2)o1. The summed E-state index contributed by atoms with van der Waals surface area (Å²) in [5.74, 6) is 1.70. The third-order valence-electron chi connectivity index (χ3n) is 5.64. The average molecular weight is 384 g/mol. The highest BCUT2D eigenvalue weighted by Crippen LogP contribution is 2.37. The van der Waals surface area contributed by atoms with Crippen LogP contribution in [0.2, 0.25) is 0 Å². The number of nitrogens with zero attached hydrogens (tertiary/aromatic N) is 1. The standard InChI is InChI=1S/C24H33NO3/c1-3-16-25(2)17-21-14-15-22(28-21)18-27-24(26)23(19-10-6-4-7-11-19)20-12-8-5-9-13-20/h4,6-7,10-11,14-15,20,23H,3,5,8-9,12-13,16-18H2,1-2H3. The maximum atomic E-state index is 13.0. The molecule has 3 rings (SSSR count). The first-order chi connectivity index (χ1) is 13.7. The lowest BCUT2D eigenvalue weighted by Crippen LogP contribution is -2.25. The number of hydrogen-bond donors (Lipinski definition) is 0. The Morgan fingerprint density at radius 1 is 1.11 bits per heavy atom. The predicted octanol–water partition coefficient (Wildman–Crippen LogP) is 5.53. The van der Waals surface area contributed by atoms with E-state index in [9.17, 15) is 4.79 Å².